The van der Waals surface area contributed by atoms with Crippen LogP contribution in [0.2, 0.25) is 0 Å². The van der Waals surface area contributed by atoms with Crippen molar-refractivity contribution >= 4 is 17.5 Å². The molecule has 6 nitrogen and oxygen atoms in total. The molecule has 2 saturated heterocycles. The zero-order chi connectivity index (χ0) is 20.1. The maximum Gasteiger partial charge on any atom is 0.224 e. The lowest BCUT2D eigenvalue weighted by atomic mass is 10.2. The zero-order valence-electron chi connectivity index (χ0n) is 17.8. The van der Waals surface area contributed by atoms with Crippen LogP contribution in [0.5, 0.6) is 0 Å². The molecule has 1 aromatic carbocycles. The average molecular weight is 395 g/mol. The van der Waals surface area contributed by atoms with Crippen molar-refractivity contribution < 1.29 is 0 Å². The number of rotatable bonds is 6. The fraction of sp³-hybridized carbons (Fsp3) is 0.565. The van der Waals surface area contributed by atoms with Gasteiger partial charge in [0.2, 0.25) is 5.95 Å². The van der Waals surface area contributed by atoms with E-state index in [1.165, 1.54) is 36.9 Å². The van der Waals surface area contributed by atoms with Gasteiger partial charge in [0.05, 0.1) is 0 Å². The summed E-state index contributed by atoms with van der Waals surface area (Å²) in [5.74, 6) is 1.84. The van der Waals surface area contributed by atoms with E-state index in [1.54, 1.807) is 0 Å². The fourth-order valence-corrected chi connectivity index (χ4v) is 4.33. The molecule has 4 rings (SSSR count). The largest absolute Gasteiger partial charge is 0.378 e. The van der Waals surface area contributed by atoms with Gasteiger partial charge in [0.25, 0.3) is 0 Å². The second-order valence-corrected chi connectivity index (χ2v) is 8.57. The summed E-state index contributed by atoms with van der Waals surface area (Å²) in [6, 6.07) is 11.3. The first-order valence-electron chi connectivity index (χ1n) is 11.0. The van der Waals surface area contributed by atoms with Gasteiger partial charge in [0.15, 0.2) is 0 Å². The number of likely N-dealkylation sites (tertiary alicyclic amines) is 1. The van der Waals surface area contributed by atoms with E-state index in [2.05, 4.69) is 69.4 Å². The van der Waals surface area contributed by atoms with Crippen LogP contribution in [0.4, 0.5) is 17.5 Å². The summed E-state index contributed by atoms with van der Waals surface area (Å²) >= 11 is 0. The number of anilines is 3. The van der Waals surface area contributed by atoms with E-state index in [-0.39, 0.29) is 0 Å². The third-order valence-electron chi connectivity index (χ3n) is 6.04. The number of nitrogens with one attached hydrogen (secondary N) is 1. The molecule has 0 aliphatic carbocycles. The van der Waals surface area contributed by atoms with Crippen LogP contribution in [-0.4, -0.2) is 61.2 Å². The van der Waals surface area contributed by atoms with E-state index >= 15 is 0 Å². The van der Waals surface area contributed by atoms with Crippen LogP contribution in [0, 0.1) is 0 Å². The zero-order valence-corrected chi connectivity index (χ0v) is 17.8. The monoisotopic (exact) mass is 394 g/mol. The Kier molecular flexibility index (Phi) is 6.49. The van der Waals surface area contributed by atoms with Crippen LogP contribution in [0.3, 0.4) is 0 Å². The van der Waals surface area contributed by atoms with Crippen LogP contribution in [0.1, 0.15) is 37.7 Å². The van der Waals surface area contributed by atoms with Gasteiger partial charge in [-0.3, -0.25) is 4.90 Å². The maximum absolute atomic E-state index is 4.82. The number of hydrogen-bond acceptors (Lipinski definition) is 6. The minimum absolute atomic E-state index is 0.412. The van der Waals surface area contributed by atoms with Crippen molar-refractivity contribution in [3.05, 3.63) is 42.1 Å². The number of benzene rings is 1. The quantitative estimate of drug-likeness (QED) is 0.808. The fourth-order valence-electron chi connectivity index (χ4n) is 4.33. The number of hydrogen-bond donors (Lipinski definition) is 1. The van der Waals surface area contributed by atoms with Crippen molar-refractivity contribution in [2.75, 3.05) is 55.4 Å². The van der Waals surface area contributed by atoms with Gasteiger partial charge < -0.3 is 15.1 Å². The van der Waals surface area contributed by atoms with Gasteiger partial charge in [0, 0.05) is 64.7 Å². The summed E-state index contributed by atoms with van der Waals surface area (Å²) in [6.45, 7) is 5.37. The van der Waals surface area contributed by atoms with Crippen LogP contribution in [0.15, 0.2) is 36.5 Å². The van der Waals surface area contributed by atoms with Crippen molar-refractivity contribution in [3.8, 4) is 0 Å². The standard InChI is InChI=1S/C23H34N6/c1-27(2)21-9-7-19(8-10-21)17-28-16-12-20(18-28)25-23-24-13-11-22(26-23)29-14-5-3-4-6-15-29/h7-11,13,20H,3-6,12,14-18H2,1-2H3,(H,24,25,26). The van der Waals surface area contributed by atoms with Crippen LogP contribution in [-0.2, 0) is 6.54 Å². The Labute approximate surface area is 174 Å². The van der Waals surface area contributed by atoms with Gasteiger partial charge in [-0.15, -0.1) is 0 Å². The van der Waals surface area contributed by atoms with E-state index in [9.17, 15) is 0 Å². The van der Waals surface area contributed by atoms with E-state index < -0.39 is 0 Å². The summed E-state index contributed by atoms with van der Waals surface area (Å²) in [5.41, 5.74) is 2.62. The van der Waals surface area contributed by atoms with Crippen molar-refractivity contribution in [3.63, 3.8) is 0 Å². The molecule has 6 heteroatoms. The van der Waals surface area contributed by atoms with Crippen molar-refractivity contribution in [2.45, 2.75) is 44.7 Å². The molecule has 2 fully saturated rings. The lowest BCUT2D eigenvalue weighted by Gasteiger charge is -2.22. The molecule has 0 radical (unpaired) electrons. The van der Waals surface area contributed by atoms with Gasteiger partial charge in [-0.05, 0) is 43.0 Å². The number of aromatic nitrogens is 2. The maximum atomic E-state index is 4.82. The highest BCUT2D eigenvalue weighted by Crippen LogP contribution is 2.21. The molecule has 29 heavy (non-hydrogen) atoms. The SMILES string of the molecule is CN(C)c1ccc(CN2CCC(Nc3nccc(N4CCCCCC4)n3)C2)cc1. The molecule has 1 aromatic heterocycles. The van der Waals surface area contributed by atoms with Gasteiger partial charge in [0.1, 0.15) is 5.82 Å². The Morgan fingerprint density at radius 2 is 1.76 bits per heavy atom. The van der Waals surface area contributed by atoms with Crippen molar-refractivity contribution in [2.24, 2.45) is 0 Å². The Morgan fingerprint density at radius 1 is 1.00 bits per heavy atom. The highest BCUT2D eigenvalue weighted by Gasteiger charge is 2.23. The average Bonchev–Trinajstić information content (AvgIpc) is 2.99. The Hall–Kier alpha value is -2.34. The third-order valence-corrected chi connectivity index (χ3v) is 6.04. The van der Waals surface area contributed by atoms with Gasteiger partial charge >= 0.3 is 0 Å². The first kappa shape index (κ1) is 20.0. The predicted octanol–water partition coefficient (Wildman–Crippen LogP) is 3.61. The predicted molar refractivity (Wildman–Crippen MR) is 121 cm³/mol. The molecule has 2 aliphatic heterocycles. The molecule has 0 amide bonds. The molecule has 2 aliphatic rings. The van der Waals surface area contributed by atoms with E-state index in [1.807, 2.05) is 6.20 Å². The third kappa shape index (κ3) is 5.38. The Balaban J connectivity index is 1.31. The smallest absolute Gasteiger partial charge is 0.224 e. The van der Waals surface area contributed by atoms with Crippen LogP contribution >= 0.6 is 0 Å². The second kappa shape index (κ2) is 9.44. The minimum Gasteiger partial charge on any atom is -0.378 e. The van der Waals surface area contributed by atoms with E-state index in [0.29, 0.717) is 6.04 Å². The highest BCUT2D eigenvalue weighted by molar-refractivity contribution is 5.46. The van der Waals surface area contributed by atoms with E-state index in [4.69, 9.17) is 4.98 Å². The van der Waals surface area contributed by atoms with E-state index in [0.717, 1.165) is 50.9 Å². The Morgan fingerprint density at radius 3 is 2.48 bits per heavy atom. The summed E-state index contributed by atoms with van der Waals surface area (Å²) in [4.78, 5) is 16.4. The van der Waals surface area contributed by atoms with Gasteiger partial charge in [-0.25, -0.2) is 4.98 Å². The molecule has 1 atom stereocenters. The molecular formula is C23H34N6. The summed E-state index contributed by atoms with van der Waals surface area (Å²) in [6.07, 6.45) is 8.23. The summed E-state index contributed by atoms with van der Waals surface area (Å²) in [5, 5.41) is 3.58. The van der Waals surface area contributed by atoms with Crippen LogP contribution < -0.4 is 15.1 Å². The molecule has 0 bridgehead atoms. The summed E-state index contributed by atoms with van der Waals surface area (Å²) in [7, 11) is 4.16. The lowest BCUT2D eigenvalue weighted by Crippen LogP contribution is -2.28. The molecule has 1 unspecified atom stereocenters. The van der Waals surface area contributed by atoms with Crippen molar-refractivity contribution in [1.82, 2.24) is 14.9 Å². The second-order valence-electron chi connectivity index (χ2n) is 8.57. The van der Waals surface area contributed by atoms with Gasteiger partial charge in [-0.2, -0.15) is 4.98 Å². The first-order valence-corrected chi connectivity index (χ1v) is 11.0. The van der Waals surface area contributed by atoms with Gasteiger partial charge in [-0.1, -0.05) is 25.0 Å². The molecule has 3 heterocycles. The molecule has 0 spiro atoms. The van der Waals surface area contributed by atoms with Crippen LogP contribution in [0.25, 0.3) is 0 Å². The molecule has 156 valence electrons. The topological polar surface area (TPSA) is 47.5 Å². The molecule has 1 N–H and O–H groups in total. The van der Waals surface area contributed by atoms with Crippen molar-refractivity contribution in [1.29, 1.82) is 0 Å². The number of nitrogens with zero attached hydrogens (tertiary/aromatic N) is 5. The first-order chi connectivity index (χ1) is 14.2. The molecule has 0 saturated carbocycles. The summed E-state index contributed by atoms with van der Waals surface area (Å²) < 4.78 is 0. The normalized spacial score (nSPS) is 20.5. The Bertz CT molecular complexity index is 767. The molecular weight excluding hydrogens is 360 g/mol. The minimum atomic E-state index is 0.412. The lowest BCUT2D eigenvalue weighted by molar-refractivity contribution is 0.328. The molecule has 2 aromatic rings. The highest BCUT2D eigenvalue weighted by atomic mass is 15.3.